The van der Waals surface area contributed by atoms with Crippen molar-refractivity contribution in [2.24, 2.45) is 5.73 Å². The SMILES string of the molecule is CCC(N)c1cccc(-c2cccs2)c1. The zero-order valence-electron chi connectivity index (χ0n) is 8.81. The van der Waals surface area contributed by atoms with E-state index in [1.165, 1.54) is 16.0 Å². The Morgan fingerprint density at radius 2 is 2.13 bits per heavy atom. The molecule has 2 aromatic rings. The van der Waals surface area contributed by atoms with E-state index in [4.69, 9.17) is 5.73 Å². The van der Waals surface area contributed by atoms with Crippen LogP contribution < -0.4 is 5.73 Å². The minimum Gasteiger partial charge on any atom is -0.324 e. The highest BCUT2D eigenvalue weighted by Crippen LogP contribution is 2.27. The third-order valence-corrected chi connectivity index (χ3v) is 3.48. The molecule has 0 aliphatic heterocycles. The number of rotatable bonds is 3. The van der Waals surface area contributed by atoms with E-state index in [0.717, 1.165) is 6.42 Å². The van der Waals surface area contributed by atoms with Gasteiger partial charge >= 0.3 is 0 Å². The summed E-state index contributed by atoms with van der Waals surface area (Å²) in [7, 11) is 0. The molecule has 2 heteroatoms. The second-order valence-electron chi connectivity index (χ2n) is 3.62. The molecule has 1 atom stereocenters. The second kappa shape index (κ2) is 4.60. The lowest BCUT2D eigenvalue weighted by Gasteiger charge is -2.10. The van der Waals surface area contributed by atoms with Gasteiger partial charge in [0.2, 0.25) is 0 Å². The van der Waals surface area contributed by atoms with E-state index in [-0.39, 0.29) is 6.04 Å². The largest absolute Gasteiger partial charge is 0.324 e. The van der Waals surface area contributed by atoms with Gasteiger partial charge in [0, 0.05) is 10.9 Å². The van der Waals surface area contributed by atoms with E-state index in [2.05, 4.69) is 48.7 Å². The van der Waals surface area contributed by atoms with Crippen molar-refractivity contribution in [2.45, 2.75) is 19.4 Å². The molecule has 0 aliphatic rings. The van der Waals surface area contributed by atoms with Crippen LogP contribution in [0.5, 0.6) is 0 Å². The van der Waals surface area contributed by atoms with Gasteiger partial charge in [-0.1, -0.05) is 31.2 Å². The Hall–Kier alpha value is -1.12. The summed E-state index contributed by atoms with van der Waals surface area (Å²) < 4.78 is 0. The normalized spacial score (nSPS) is 12.7. The summed E-state index contributed by atoms with van der Waals surface area (Å²) in [5.74, 6) is 0. The summed E-state index contributed by atoms with van der Waals surface area (Å²) in [6, 6.07) is 12.9. The molecule has 2 rings (SSSR count). The zero-order valence-corrected chi connectivity index (χ0v) is 9.63. The van der Waals surface area contributed by atoms with Crippen LogP contribution in [0.25, 0.3) is 10.4 Å². The van der Waals surface area contributed by atoms with Gasteiger partial charge in [0.05, 0.1) is 0 Å². The molecular formula is C13H15NS. The molecule has 1 aromatic heterocycles. The summed E-state index contributed by atoms with van der Waals surface area (Å²) in [6.45, 7) is 2.11. The van der Waals surface area contributed by atoms with E-state index < -0.39 is 0 Å². The van der Waals surface area contributed by atoms with E-state index in [1.54, 1.807) is 11.3 Å². The molecule has 1 aromatic carbocycles. The molecule has 0 fully saturated rings. The first kappa shape index (κ1) is 10.4. The maximum atomic E-state index is 6.02. The summed E-state index contributed by atoms with van der Waals surface area (Å²) in [5.41, 5.74) is 8.52. The highest BCUT2D eigenvalue weighted by atomic mass is 32.1. The third-order valence-electron chi connectivity index (χ3n) is 2.56. The first-order valence-corrected chi connectivity index (χ1v) is 6.08. The lowest BCUT2D eigenvalue weighted by molar-refractivity contribution is 0.699. The molecule has 0 saturated heterocycles. The maximum Gasteiger partial charge on any atom is 0.0342 e. The molecule has 0 spiro atoms. The Morgan fingerprint density at radius 3 is 2.80 bits per heavy atom. The minimum absolute atomic E-state index is 0.157. The van der Waals surface area contributed by atoms with Crippen molar-refractivity contribution < 1.29 is 0 Å². The lowest BCUT2D eigenvalue weighted by Crippen LogP contribution is -2.08. The zero-order chi connectivity index (χ0) is 10.7. The van der Waals surface area contributed by atoms with Gasteiger partial charge < -0.3 is 5.73 Å². The van der Waals surface area contributed by atoms with Crippen LogP contribution in [0, 0.1) is 0 Å². The predicted octanol–water partition coefficient (Wildman–Crippen LogP) is 3.82. The number of hydrogen-bond acceptors (Lipinski definition) is 2. The van der Waals surface area contributed by atoms with E-state index >= 15 is 0 Å². The molecule has 1 unspecified atom stereocenters. The number of benzene rings is 1. The topological polar surface area (TPSA) is 26.0 Å². The van der Waals surface area contributed by atoms with Crippen LogP contribution in [0.4, 0.5) is 0 Å². The monoisotopic (exact) mass is 217 g/mol. The van der Waals surface area contributed by atoms with Gasteiger partial charge in [-0.05, 0) is 35.1 Å². The smallest absolute Gasteiger partial charge is 0.0342 e. The summed E-state index contributed by atoms with van der Waals surface area (Å²) in [5, 5.41) is 2.10. The van der Waals surface area contributed by atoms with Gasteiger partial charge in [-0.15, -0.1) is 11.3 Å². The molecule has 1 nitrogen and oxygen atoms in total. The van der Waals surface area contributed by atoms with E-state index in [0.29, 0.717) is 0 Å². The maximum absolute atomic E-state index is 6.02. The van der Waals surface area contributed by atoms with E-state index in [9.17, 15) is 0 Å². The average Bonchev–Trinajstić information content (AvgIpc) is 2.82. The van der Waals surface area contributed by atoms with Crippen LogP contribution in [0.2, 0.25) is 0 Å². The van der Waals surface area contributed by atoms with Crippen molar-refractivity contribution in [3.8, 4) is 10.4 Å². The summed E-state index contributed by atoms with van der Waals surface area (Å²) >= 11 is 1.76. The highest BCUT2D eigenvalue weighted by molar-refractivity contribution is 7.13. The van der Waals surface area contributed by atoms with Gasteiger partial charge in [0.1, 0.15) is 0 Å². The predicted molar refractivity (Wildman–Crippen MR) is 67.0 cm³/mol. The molecule has 1 heterocycles. The van der Waals surface area contributed by atoms with Crippen molar-refractivity contribution in [1.29, 1.82) is 0 Å². The van der Waals surface area contributed by atoms with Crippen LogP contribution in [0.15, 0.2) is 41.8 Å². The van der Waals surface area contributed by atoms with Gasteiger partial charge in [-0.3, -0.25) is 0 Å². The van der Waals surface area contributed by atoms with Crippen molar-refractivity contribution in [3.63, 3.8) is 0 Å². The molecule has 0 radical (unpaired) electrons. The van der Waals surface area contributed by atoms with Crippen LogP contribution in [0.1, 0.15) is 24.9 Å². The van der Waals surface area contributed by atoms with Crippen molar-refractivity contribution in [1.82, 2.24) is 0 Å². The fraction of sp³-hybridized carbons (Fsp3) is 0.231. The van der Waals surface area contributed by atoms with Crippen LogP contribution in [-0.4, -0.2) is 0 Å². The first-order chi connectivity index (χ1) is 7.31. The number of nitrogens with two attached hydrogens (primary N) is 1. The van der Waals surface area contributed by atoms with Crippen molar-refractivity contribution in [3.05, 3.63) is 47.3 Å². The lowest BCUT2D eigenvalue weighted by atomic mass is 10.0. The Morgan fingerprint density at radius 1 is 1.27 bits per heavy atom. The van der Waals surface area contributed by atoms with Crippen LogP contribution in [0.3, 0.4) is 0 Å². The fourth-order valence-electron chi connectivity index (χ4n) is 1.60. The molecule has 0 aliphatic carbocycles. The minimum atomic E-state index is 0.157. The standard InChI is InChI=1S/C13H15NS/c1-2-12(14)10-5-3-6-11(9-10)13-7-4-8-15-13/h3-9,12H,2,14H2,1H3. The van der Waals surface area contributed by atoms with Gasteiger partial charge in [-0.2, -0.15) is 0 Å². The summed E-state index contributed by atoms with van der Waals surface area (Å²) in [4.78, 5) is 1.31. The fourth-order valence-corrected chi connectivity index (χ4v) is 2.33. The number of hydrogen-bond donors (Lipinski definition) is 1. The molecule has 0 amide bonds. The Balaban J connectivity index is 2.35. The molecule has 2 N–H and O–H groups in total. The van der Waals surface area contributed by atoms with Gasteiger partial charge in [0.15, 0.2) is 0 Å². The number of thiophene rings is 1. The first-order valence-electron chi connectivity index (χ1n) is 5.20. The molecule has 15 heavy (non-hydrogen) atoms. The highest BCUT2D eigenvalue weighted by Gasteiger charge is 2.05. The Bertz CT molecular complexity index is 420. The van der Waals surface area contributed by atoms with Gasteiger partial charge in [-0.25, -0.2) is 0 Å². The van der Waals surface area contributed by atoms with Crippen molar-refractivity contribution >= 4 is 11.3 Å². The quantitative estimate of drug-likeness (QED) is 0.831. The van der Waals surface area contributed by atoms with Gasteiger partial charge in [0.25, 0.3) is 0 Å². The molecule has 78 valence electrons. The average molecular weight is 217 g/mol. The molecule has 0 bridgehead atoms. The summed E-state index contributed by atoms with van der Waals surface area (Å²) in [6.07, 6.45) is 0.980. The van der Waals surface area contributed by atoms with E-state index in [1.807, 2.05) is 0 Å². The second-order valence-corrected chi connectivity index (χ2v) is 4.57. The molecule has 0 saturated carbocycles. The Labute approximate surface area is 94.6 Å². The van der Waals surface area contributed by atoms with Crippen LogP contribution in [-0.2, 0) is 0 Å². The van der Waals surface area contributed by atoms with Crippen LogP contribution >= 0.6 is 11.3 Å². The van der Waals surface area contributed by atoms with Crippen molar-refractivity contribution in [2.75, 3.05) is 0 Å². The third kappa shape index (κ3) is 2.28. The Kier molecular flexibility index (Phi) is 3.19. The molecular weight excluding hydrogens is 202 g/mol.